The molecule has 1 aliphatic rings. The highest BCUT2D eigenvalue weighted by Crippen LogP contribution is 2.42. The molecule has 0 spiro atoms. The van der Waals surface area contributed by atoms with E-state index in [4.69, 9.17) is 18.9 Å². The van der Waals surface area contributed by atoms with E-state index in [2.05, 4.69) is 0 Å². The number of esters is 3. The van der Waals surface area contributed by atoms with Crippen LogP contribution in [0.15, 0.2) is 46.8 Å². The van der Waals surface area contributed by atoms with Gasteiger partial charge in [-0.15, -0.1) is 0 Å². The molecule has 1 heterocycles. The summed E-state index contributed by atoms with van der Waals surface area (Å²) in [5, 5.41) is 0. The SMILES string of the molecule is CCOC(=O)C1=C(C)N(C)C(C)=C(C(=O)OCC)C1c1ccc(OC(C)(C)C(=O)OCC)cc1. The highest BCUT2D eigenvalue weighted by molar-refractivity contribution is 5.99. The van der Waals surface area contributed by atoms with Crippen molar-refractivity contribution in [3.8, 4) is 5.75 Å². The molecule has 2 rings (SSSR count). The Morgan fingerprint density at radius 1 is 0.824 bits per heavy atom. The predicted molar refractivity (Wildman–Crippen MR) is 127 cm³/mol. The second-order valence-electron chi connectivity index (χ2n) is 8.33. The molecule has 0 radical (unpaired) electrons. The van der Waals surface area contributed by atoms with Crippen molar-refractivity contribution in [2.24, 2.45) is 0 Å². The molecule has 186 valence electrons. The van der Waals surface area contributed by atoms with Gasteiger partial charge in [0.15, 0.2) is 5.60 Å². The Labute approximate surface area is 201 Å². The van der Waals surface area contributed by atoms with E-state index in [1.165, 1.54) is 0 Å². The Hall–Kier alpha value is -3.29. The van der Waals surface area contributed by atoms with Crippen LogP contribution in [0.4, 0.5) is 0 Å². The van der Waals surface area contributed by atoms with E-state index in [-0.39, 0.29) is 19.8 Å². The normalized spacial score (nSPS) is 14.8. The third-order valence-corrected chi connectivity index (χ3v) is 5.71. The Morgan fingerprint density at radius 2 is 1.26 bits per heavy atom. The Morgan fingerprint density at radius 3 is 1.68 bits per heavy atom. The first-order valence-corrected chi connectivity index (χ1v) is 11.5. The van der Waals surface area contributed by atoms with E-state index in [1.54, 1.807) is 70.8 Å². The Kier molecular flexibility index (Phi) is 8.90. The zero-order valence-electron chi connectivity index (χ0n) is 21.3. The third-order valence-electron chi connectivity index (χ3n) is 5.71. The zero-order valence-corrected chi connectivity index (χ0v) is 21.3. The number of allylic oxidation sites excluding steroid dienone is 2. The number of carbonyl (C=O) groups excluding carboxylic acids is 3. The molecule has 0 fully saturated rings. The number of rotatable bonds is 9. The standard InChI is InChI=1S/C26H35NO7/c1-9-31-23(28)20-16(4)27(8)17(5)21(24(29)32-10-2)22(20)18-12-14-19(15-13-18)34-26(6,7)25(30)33-11-3/h12-15,22H,9-11H2,1-8H3. The van der Waals surface area contributed by atoms with Gasteiger partial charge in [-0.3, -0.25) is 0 Å². The molecule has 0 aliphatic carbocycles. The minimum absolute atomic E-state index is 0.208. The molecule has 0 aromatic heterocycles. The van der Waals surface area contributed by atoms with Crippen LogP contribution >= 0.6 is 0 Å². The van der Waals surface area contributed by atoms with Gasteiger partial charge in [-0.1, -0.05) is 12.1 Å². The average Bonchev–Trinajstić information content (AvgIpc) is 2.78. The fourth-order valence-electron chi connectivity index (χ4n) is 3.83. The van der Waals surface area contributed by atoms with Crippen molar-refractivity contribution >= 4 is 17.9 Å². The molecule has 0 unspecified atom stereocenters. The quantitative estimate of drug-likeness (QED) is 0.391. The average molecular weight is 474 g/mol. The summed E-state index contributed by atoms with van der Waals surface area (Å²) in [4.78, 5) is 40.0. The van der Waals surface area contributed by atoms with Crippen LogP contribution in [0, 0.1) is 0 Å². The van der Waals surface area contributed by atoms with E-state index in [1.807, 2.05) is 13.8 Å². The van der Waals surface area contributed by atoms with Crippen LogP contribution in [0.2, 0.25) is 0 Å². The number of hydrogen-bond donors (Lipinski definition) is 0. The first-order valence-electron chi connectivity index (χ1n) is 11.5. The van der Waals surface area contributed by atoms with E-state index in [9.17, 15) is 14.4 Å². The lowest BCUT2D eigenvalue weighted by Crippen LogP contribution is -2.39. The molecule has 34 heavy (non-hydrogen) atoms. The summed E-state index contributed by atoms with van der Waals surface area (Å²) >= 11 is 0. The van der Waals surface area contributed by atoms with Crippen LogP contribution in [0.1, 0.15) is 59.9 Å². The van der Waals surface area contributed by atoms with Crippen molar-refractivity contribution in [1.82, 2.24) is 4.90 Å². The van der Waals surface area contributed by atoms with Gasteiger partial charge in [-0.25, -0.2) is 14.4 Å². The summed E-state index contributed by atoms with van der Waals surface area (Å²) in [6.07, 6.45) is 0. The summed E-state index contributed by atoms with van der Waals surface area (Å²) in [6, 6.07) is 6.94. The fraction of sp³-hybridized carbons (Fsp3) is 0.500. The maximum Gasteiger partial charge on any atom is 0.349 e. The van der Waals surface area contributed by atoms with Gasteiger partial charge < -0.3 is 23.8 Å². The maximum absolute atomic E-state index is 13.0. The summed E-state index contributed by atoms with van der Waals surface area (Å²) in [5.74, 6) is -1.68. The van der Waals surface area contributed by atoms with E-state index < -0.39 is 29.4 Å². The van der Waals surface area contributed by atoms with Crippen LogP contribution in [0.3, 0.4) is 0 Å². The lowest BCUT2D eigenvalue weighted by Gasteiger charge is -2.35. The molecule has 8 nitrogen and oxygen atoms in total. The molecule has 1 aliphatic heterocycles. The summed E-state index contributed by atoms with van der Waals surface area (Å²) in [6.45, 7) is 12.8. The van der Waals surface area contributed by atoms with Gasteiger partial charge in [0.25, 0.3) is 0 Å². The fourth-order valence-corrected chi connectivity index (χ4v) is 3.83. The van der Waals surface area contributed by atoms with Gasteiger partial charge in [0.1, 0.15) is 5.75 Å². The van der Waals surface area contributed by atoms with Crippen LogP contribution < -0.4 is 4.74 Å². The predicted octanol–water partition coefficient (Wildman–Crippen LogP) is 4.11. The van der Waals surface area contributed by atoms with E-state index in [0.29, 0.717) is 33.9 Å². The summed E-state index contributed by atoms with van der Waals surface area (Å²) in [5.41, 5.74) is 1.65. The van der Waals surface area contributed by atoms with E-state index in [0.717, 1.165) is 0 Å². The molecule has 0 bridgehead atoms. The highest BCUT2D eigenvalue weighted by Gasteiger charge is 2.40. The van der Waals surface area contributed by atoms with Crippen molar-refractivity contribution in [2.75, 3.05) is 26.9 Å². The number of hydrogen-bond acceptors (Lipinski definition) is 8. The summed E-state index contributed by atoms with van der Waals surface area (Å²) < 4.78 is 21.6. The van der Waals surface area contributed by atoms with Crippen LogP contribution in [-0.4, -0.2) is 55.3 Å². The van der Waals surface area contributed by atoms with Crippen LogP contribution in [0.25, 0.3) is 0 Å². The molecular formula is C26H35NO7. The number of ether oxygens (including phenoxy) is 4. The molecular weight excluding hydrogens is 438 g/mol. The van der Waals surface area contributed by atoms with Crippen molar-refractivity contribution < 1.29 is 33.3 Å². The Bertz CT molecular complexity index is 947. The number of benzene rings is 1. The molecule has 0 N–H and O–H groups in total. The van der Waals surface area contributed by atoms with Gasteiger partial charge in [-0.2, -0.15) is 0 Å². The van der Waals surface area contributed by atoms with Gasteiger partial charge in [0.05, 0.1) is 36.9 Å². The molecule has 1 aromatic carbocycles. The van der Waals surface area contributed by atoms with E-state index >= 15 is 0 Å². The first-order chi connectivity index (χ1) is 16.0. The van der Waals surface area contributed by atoms with Crippen molar-refractivity contribution in [2.45, 2.75) is 60.0 Å². The molecule has 1 aromatic rings. The van der Waals surface area contributed by atoms with Gasteiger partial charge in [-0.05, 0) is 66.2 Å². The van der Waals surface area contributed by atoms with Crippen LogP contribution in [0.5, 0.6) is 5.75 Å². The summed E-state index contributed by atoms with van der Waals surface area (Å²) in [7, 11) is 1.80. The second-order valence-corrected chi connectivity index (χ2v) is 8.33. The Balaban J connectivity index is 2.54. The van der Waals surface area contributed by atoms with Crippen molar-refractivity contribution in [3.63, 3.8) is 0 Å². The molecule has 0 saturated heterocycles. The van der Waals surface area contributed by atoms with Crippen LogP contribution in [-0.2, 0) is 28.6 Å². The van der Waals surface area contributed by atoms with Gasteiger partial charge in [0, 0.05) is 18.4 Å². The second kappa shape index (κ2) is 11.2. The largest absolute Gasteiger partial charge is 0.476 e. The van der Waals surface area contributed by atoms with Gasteiger partial charge in [0.2, 0.25) is 0 Å². The lowest BCUT2D eigenvalue weighted by molar-refractivity contribution is -0.158. The number of nitrogens with zero attached hydrogens (tertiary/aromatic N) is 1. The monoisotopic (exact) mass is 473 g/mol. The van der Waals surface area contributed by atoms with Crippen molar-refractivity contribution in [1.29, 1.82) is 0 Å². The molecule has 0 amide bonds. The molecule has 0 saturated carbocycles. The zero-order chi connectivity index (χ0) is 25.6. The minimum Gasteiger partial charge on any atom is -0.476 e. The smallest absolute Gasteiger partial charge is 0.349 e. The molecule has 0 atom stereocenters. The van der Waals surface area contributed by atoms with Crippen molar-refractivity contribution in [3.05, 3.63) is 52.4 Å². The topological polar surface area (TPSA) is 91.4 Å². The first kappa shape index (κ1) is 27.0. The number of carbonyl (C=O) groups is 3. The lowest BCUT2D eigenvalue weighted by atomic mass is 9.80. The molecule has 8 heteroatoms. The minimum atomic E-state index is -1.18. The van der Waals surface area contributed by atoms with Gasteiger partial charge >= 0.3 is 17.9 Å². The highest BCUT2D eigenvalue weighted by atomic mass is 16.6. The third kappa shape index (κ3) is 5.61. The maximum atomic E-state index is 13.0.